The van der Waals surface area contributed by atoms with Crippen molar-refractivity contribution in [1.29, 1.82) is 0 Å². The quantitative estimate of drug-likeness (QED) is 0.241. The second-order valence-electron chi connectivity index (χ2n) is 6.62. The lowest BCUT2D eigenvalue weighted by molar-refractivity contribution is -0.138. The monoisotopic (exact) mass is 412 g/mol. The first kappa shape index (κ1) is 20.1. The number of aromatic nitrogens is 2. The first-order chi connectivity index (χ1) is 15.2. The van der Waals surface area contributed by atoms with Gasteiger partial charge in [0, 0.05) is 11.1 Å². The molecule has 3 aromatic carbocycles. The van der Waals surface area contributed by atoms with Crippen molar-refractivity contribution >= 4 is 17.6 Å². The average molecular weight is 412 g/mol. The molecule has 1 aromatic heterocycles. The summed E-state index contributed by atoms with van der Waals surface area (Å²) in [4.78, 5) is 17.3. The maximum Gasteiger partial charge on any atom is 0.339 e. The Balaban J connectivity index is 1.56. The van der Waals surface area contributed by atoms with Crippen LogP contribution in [0.4, 0.5) is 0 Å². The van der Waals surface area contributed by atoms with Crippen LogP contribution in [0.25, 0.3) is 23.0 Å². The zero-order valence-electron chi connectivity index (χ0n) is 16.9. The molecule has 0 atom stereocenters. The zero-order valence-corrected chi connectivity index (χ0v) is 16.9. The fourth-order valence-corrected chi connectivity index (χ4v) is 3.04. The number of benzene rings is 3. The summed E-state index contributed by atoms with van der Waals surface area (Å²) in [5.41, 5.74) is 2.72. The molecule has 0 saturated heterocycles. The Labute approximate surface area is 179 Å². The average Bonchev–Trinajstić information content (AvgIpc) is 3.31. The van der Waals surface area contributed by atoms with Crippen molar-refractivity contribution in [3.63, 3.8) is 0 Å². The Kier molecular flexibility index (Phi) is 6.18. The van der Waals surface area contributed by atoms with Crippen LogP contribution in [-0.2, 0) is 16.1 Å². The van der Waals surface area contributed by atoms with Crippen LogP contribution in [0.15, 0.2) is 89.5 Å². The highest BCUT2D eigenvalue weighted by Crippen LogP contribution is 2.26. The molecule has 6 heteroatoms. The summed E-state index contributed by atoms with van der Waals surface area (Å²) in [5.74, 6) is 0.820. The topological polar surface area (TPSA) is 74.5 Å². The van der Waals surface area contributed by atoms with Crippen LogP contribution in [0.2, 0.25) is 0 Å². The Bertz CT molecular complexity index is 1180. The summed E-state index contributed by atoms with van der Waals surface area (Å²) in [6.07, 6.45) is 1.75. The van der Waals surface area contributed by atoms with E-state index >= 15 is 0 Å². The number of ether oxygens (including phenoxy) is 2. The van der Waals surface area contributed by atoms with Crippen molar-refractivity contribution < 1.29 is 18.8 Å². The lowest BCUT2D eigenvalue weighted by Crippen LogP contribution is -2.08. The second-order valence-corrected chi connectivity index (χ2v) is 6.62. The molecule has 0 spiro atoms. The van der Waals surface area contributed by atoms with Crippen LogP contribution in [0, 0.1) is 0 Å². The fraction of sp³-hybridized carbons (Fsp3) is 0.0800. The van der Waals surface area contributed by atoms with E-state index in [1.807, 2.05) is 84.9 Å². The molecule has 154 valence electrons. The highest BCUT2D eigenvalue weighted by Gasteiger charge is 2.17. The van der Waals surface area contributed by atoms with Crippen LogP contribution < -0.4 is 4.74 Å². The van der Waals surface area contributed by atoms with Crippen LogP contribution in [0.3, 0.4) is 0 Å². The molecule has 0 fully saturated rings. The molecule has 0 amide bonds. The molecule has 31 heavy (non-hydrogen) atoms. The number of hydrogen-bond acceptors (Lipinski definition) is 6. The molecule has 0 unspecified atom stereocenters. The molecule has 4 aromatic rings. The molecular formula is C25H20N2O4. The number of carbonyl (C=O) groups excluding carboxylic acids is 1. The van der Waals surface area contributed by atoms with Gasteiger partial charge in [-0.2, -0.15) is 4.98 Å². The van der Waals surface area contributed by atoms with Gasteiger partial charge in [0.25, 0.3) is 5.89 Å². The molecule has 0 aliphatic rings. The van der Waals surface area contributed by atoms with Gasteiger partial charge >= 0.3 is 5.97 Å². The van der Waals surface area contributed by atoms with E-state index in [2.05, 4.69) is 10.1 Å². The number of hydrogen-bond donors (Lipinski definition) is 0. The molecule has 0 aliphatic heterocycles. The van der Waals surface area contributed by atoms with Gasteiger partial charge in [0.15, 0.2) is 6.61 Å². The molecular weight excluding hydrogens is 392 g/mol. The van der Waals surface area contributed by atoms with E-state index in [-0.39, 0.29) is 12.5 Å². The highest BCUT2D eigenvalue weighted by molar-refractivity contribution is 6.21. The standard InChI is InChI=1S/C25H20N2O4/c1-29-22-15-9-8-14-20(22)16-21(18-10-4-2-5-11-18)25(28)30-17-23-26-24(27-31-23)19-12-6-3-7-13-19/h2-16H,17H2,1H3/b21-16+. The number of rotatable bonds is 7. The van der Waals surface area contributed by atoms with E-state index < -0.39 is 5.97 Å². The fourth-order valence-electron chi connectivity index (χ4n) is 3.04. The van der Waals surface area contributed by atoms with E-state index in [1.54, 1.807) is 13.2 Å². The molecule has 0 N–H and O–H groups in total. The minimum absolute atomic E-state index is 0.130. The van der Waals surface area contributed by atoms with E-state index in [9.17, 15) is 4.79 Å². The van der Waals surface area contributed by atoms with Gasteiger partial charge in [0.05, 0.1) is 12.7 Å². The lowest BCUT2D eigenvalue weighted by Gasteiger charge is -2.09. The van der Waals surface area contributed by atoms with Crippen LogP contribution in [0.1, 0.15) is 17.0 Å². The van der Waals surface area contributed by atoms with Gasteiger partial charge in [-0.15, -0.1) is 0 Å². The number of methoxy groups -OCH3 is 1. The van der Waals surface area contributed by atoms with Crippen molar-refractivity contribution in [2.45, 2.75) is 6.61 Å². The number of carbonyl (C=O) groups is 1. The molecule has 0 aliphatic carbocycles. The Hall–Kier alpha value is -4.19. The number of esters is 1. The van der Waals surface area contributed by atoms with Gasteiger partial charge in [0.1, 0.15) is 5.75 Å². The third-order valence-electron chi connectivity index (χ3n) is 4.57. The van der Waals surface area contributed by atoms with Gasteiger partial charge in [-0.1, -0.05) is 84.0 Å². The zero-order chi connectivity index (χ0) is 21.5. The van der Waals surface area contributed by atoms with Crippen LogP contribution in [-0.4, -0.2) is 23.2 Å². The minimum Gasteiger partial charge on any atom is -0.496 e. The maximum atomic E-state index is 13.0. The van der Waals surface area contributed by atoms with Gasteiger partial charge in [0.2, 0.25) is 5.82 Å². The number of nitrogens with zero attached hydrogens (tertiary/aromatic N) is 2. The first-order valence-corrected chi connectivity index (χ1v) is 9.70. The largest absolute Gasteiger partial charge is 0.496 e. The molecule has 0 saturated carbocycles. The summed E-state index contributed by atoms with van der Waals surface area (Å²) in [5, 5.41) is 3.95. The van der Waals surface area contributed by atoms with Crippen molar-refractivity contribution in [2.75, 3.05) is 7.11 Å². The van der Waals surface area contributed by atoms with E-state index in [1.165, 1.54) is 0 Å². The van der Waals surface area contributed by atoms with E-state index in [0.717, 1.165) is 16.7 Å². The second kappa shape index (κ2) is 9.54. The summed E-state index contributed by atoms with van der Waals surface area (Å²) >= 11 is 0. The third-order valence-corrected chi connectivity index (χ3v) is 4.57. The van der Waals surface area contributed by atoms with Crippen LogP contribution in [0.5, 0.6) is 5.75 Å². The summed E-state index contributed by atoms with van der Waals surface area (Å²) in [6.45, 7) is -0.130. The Morgan fingerprint density at radius 2 is 1.61 bits per heavy atom. The van der Waals surface area contributed by atoms with Crippen molar-refractivity contribution in [2.24, 2.45) is 0 Å². The normalized spacial score (nSPS) is 11.2. The van der Waals surface area contributed by atoms with Gasteiger partial charge in [-0.05, 0) is 17.7 Å². The Morgan fingerprint density at radius 1 is 0.935 bits per heavy atom. The number of para-hydroxylation sites is 1. The summed E-state index contributed by atoms with van der Waals surface area (Å²) in [6, 6.07) is 26.2. The third kappa shape index (κ3) is 4.87. The summed E-state index contributed by atoms with van der Waals surface area (Å²) < 4.78 is 16.1. The molecule has 0 bridgehead atoms. The molecule has 0 radical (unpaired) electrons. The predicted octanol–water partition coefficient (Wildman–Crippen LogP) is 5.03. The van der Waals surface area contributed by atoms with Crippen molar-refractivity contribution in [3.8, 4) is 17.1 Å². The SMILES string of the molecule is COc1ccccc1/C=C(/C(=O)OCc1nc(-c2ccccc2)no1)c1ccccc1. The van der Waals surface area contributed by atoms with E-state index in [0.29, 0.717) is 17.1 Å². The lowest BCUT2D eigenvalue weighted by atomic mass is 10.0. The van der Waals surface area contributed by atoms with Gasteiger partial charge in [-0.3, -0.25) is 0 Å². The minimum atomic E-state index is -0.503. The Morgan fingerprint density at radius 3 is 2.35 bits per heavy atom. The van der Waals surface area contributed by atoms with E-state index in [4.69, 9.17) is 14.0 Å². The molecule has 4 rings (SSSR count). The van der Waals surface area contributed by atoms with Gasteiger partial charge < -0.3 is 14.0 Å². The maximum absolute atomic E-state index is 13.0. The van der Waals surface area contributed by atoms with Crippen LogP contribution >= 0.6 is 0 Å². The summed E-state index contributed by atoms with van der Waals surface area (Å²) in [7, 11) is 1.59. The first-order valence-electron chi connectivity index (χ1n) is 9.70. The molecule has 1 heterocycles. The van der Waals surface area contributed by atoms with Crippen molar-refractivity contribution in [1.82, 2.24) is 10.1 Å². The van der Waals surface area contributed by atoms with Gasteiger partial charge in [-0.25, -0.2) is 4.79 Å². The highest BCUT2D eigenvalue weighted by atomic mass is 16.6. The predicted molar refractivity (Wildman–Crippen MR) is 117 cm³/mol. The molecule has 6 nitrogen and oxygen atoms in total. The smallest absolute Gasteiger partial charge is 0.339 e. The van der Waals surface area contributed by atoms with Crippen molar-refractivity contribution in [3.05, 3.63) is 102 Å².